The number of benzene rings is 3. The van der Waals surface area contributed by atoms with Crippen LogP contribution in [0.3, 0.4) is 0 Å². The summed E-state index contributed by atoms with van der Waals surface area (Å²) in [6, 6.07) is 21.2. The van der Waals surface area contributed by atoms with Crippen molar-refractivity contribution in [2.24, 2.45) is 0 Å². The van der Waals surface area contributed by atoms with Crippen molar-refractivity contribution >= 4 is 34.3 Å². The molecule has 4 rings (SSSR count). The Bertz CT molecular complexity index is 1440. The van der Waals surface area contributed by atoms with Gasteiger partial charge in [-0.05, 0) is 42.2 Å². The first-order valence-corrected chi connectivity index (χ1v) is 12.7. The van der Waals surface area contributed by atoms with Crippen molar-refractivity contribution in [2.75, 3.05) is 6.54 Å². The first-order valence-electron chi connectivity index (χ1n) is 11.7. The molecule has 0 aliphatic heterocycles. The van der Waals surface area contributed by atoms with Crippen molar-refractivity contribution in [2.45, 2.75) is 37.2 Å². The van der Waals surface area contributed by atoms with Gasteiger partial charge in [0.2, 0.25) is 0 Å². The summed E-state index contributed by atoms with van der Waals surface area (Å²) in [6.07, 6.45) is 1.49. The number of thioether (sulfide) groups is 1. The molecule has 1 heterocycles. The second-order valence-corrected chi connectivity index (χ2v) is 9.23. The van der Waals surface area contributed by atoms with Gasteiger partial charge in [0.1, 0.15) is 0 Å². The third-order valence-corrected chi connectivity index (χ3v) is 6.75. The maximum absolute atomic E-state index is 13.5. The van der Waals surface area contributed by atoms with Gasteiger partial charge in [-0.25, -0.2) is 4.98 Å². The summed E-state index contributed by atoms with van der Waals surface area (Å²) >= 11 is 1.39. The molecule has 0 unspecified atom stereocenters. The van der Waals surface area contributed by atoms with Gasteiger partial charge in [0, 0.05) is 36.5 Å². The number of hydrogen-bond donors (Lipinski definition) is 1. The lowest BCUT2D eigenvalue weighted by molar-refractivity contribution is -0.384. The fraction of sp³-hybridized carbons (Fsp3) is 0.222. The molecule has 0 atom stereocenters. The van der Waals surface area contributed by atoms with E-state index < -0.39 is 4.92 Å². The Hall–Kier alpha value is -3.98. The molecular formula is C27H26N4O4S. The Morgan fingerprint density at radius 3 is 2.50 bits per heavy atom. The van der Waals surface area contributed by atoms with Crippen molar-refractivity contribution in [3.05, 3.63) is 110 Å². The zero-order valence-corrected chi connectivity index (χ0v) is 20.7. The summed E-state index contributed by atoms with van der Waals surface area (Å²) in [5, 5.41) is 14.8. The summed E-state index contributed by atoms with van der Waals surface area (Å²) in [6.45, 7) is 3.00. The van der Waals surface area contributed by atoms with E-state index in [-0.39, 0.29) is 17.2 Å². The van der Waals surface area contributed by atoms with E-state index in [2.05, 4.69) is 5.32 Å². The molecule has 0 saturated heterocycles. The Morgan fingerprint density at radius 2 is 1.81 bits per heavy atom. The quantitative estimate of drug-likeness (QED) is 0.142. The van der Waals surface area contributed by atoms with Crippen LogP contribution >= 0.6 is 11.8 Å². The van der Waals surface area contributed by atoms with Gasteiger partial charge in [0.05, 0.1) is 15.8 Å². The summed E-state index contributed by atoms with van der Waals surface area (Å²) < 4.78 is 1.67. The van der Waals surface area contributed by atoms with Crippen LogP contribution in [0.1, 0.15) is 34.8 Å². The maximum atomic E-state index is 13.5. The number of nitrogens with zero attached hydrogens (tertiary/aromatic N) is 3. The first-order chi connectivity index (χ1) is 17.5. The SMILES string of the molecule is CCCNC(=O)c1ccc2c(=O)n(CCc3ccccc3)c(SCc3ccc([N+](=O)[O-])cc3)nc2c1. The second-order valence-electron chi connectivity index (χ2n) is 8.29. The molecule has 0 fully saturated rings. The summed E-state index contributed by atoms with van der Waals surface area (Å²) in [5.74, 6) is 0.284. The average molecular weight is 503 g/mol. The zero-order chi connectivity index (χ0) is 25.5. The number of carbonyl (C=O) groups excluding carboxylic acids is 1. The summed E-state index contributed by atoms with van der Waals surface area (Å²) in [5.41, 5.74) is 2.77. The number of nitro groups is 1. The highest BCUT2D eigenvalue weighted by Gasteiger charge is 2.15. The molecule has 0 aliphatic rings. The largest absolute Gasteiger partial charge is 0.352 e. The predicted octanol–water partition coefficient (Wildman–Crippen LogP) is 4.98. The summed E-state index contributed by atoms with van der Waals surface area (Å²) in [7, 11) is 0. The van der Waals surface area contributed by atoms with Crippen LogP contribution in [0.2, 0.25) is 0 Å². The van der Waals surface area contributed by atoms with Crippen LogP contribution in [0.25, 0.3) is 10.9 Å². The number of fused-ring (bicyclic) bond motifs is 1. The fourth-order valence-electron chi connectivity index (χ4n) is 3.74. The Morgan fingerprint density at radius 1 is 1.06 bits per heavy atom. The van der Waals surface area contributed by atoms with E-state index in [1.165, 1.54) is 23.9 Å². The van der Waals surface area contributed by atoms with Crippen molar-refractivity contribution in [1.82, 2.24) is 14.9 Å². The molecule has 9 heteroatoms. The van der Waals surface area contributed by atoms with Gasteiger partial charge in [-0.3, -0.25) is 24.3 Å². The van der Waals surface area contributed by atoms with Gasteiger partial charge in [-0.2, -0.15) is 0 Å². The van der Waals surface area contributed by atoms with Crippen LogP contribution < -0.4 is 10.9 Å². The molecule has 0 spiro atoms. The van der Waals surface area contributed by atoms with E-state index in [0.717, 1.165) is 17.5 Å². The highest BCUT2D eigenvalue weighted by Crippen LogP contribution is 2.24. The van der Waals surface area contributed by atoms with Crippen LogP contribution in [-0.4, -0.2) is 26.9 Å². The molecule has 0 bridgehead atoms. The number of aromatic nitrogens is 2. The normalized spacial score (nSPS) is 10.9. The van der Waals surface area contributed by atoms with E-state index in [0.29, 0.717) is 46.9 Å². The van der Waals surface area contributed by atoms with E-state index in [1.807, 2.05) is 37.3 Å². The molecule has 0 saturated carbocycles. The molecule has 1 amide bonds. The van der Waals surface area contributed by atoms with Gasteiger partial charge < -0.3 is 5.32 Å². The predicted molar refractivity (Wildman–Crippen MR) is 141 cm³/mol. The second kappa shape index (κ2) is 11.6. The smallest absolute Gasteiger partial charge is 0.269 e. The molecule has 0 radical (unpaired) electrons. The van der Waals surface area contributed by atoms with Crippen molar-refractivity contribution in [1.29, 1.82) is 0 Å². The van der Waals surface area contributed by atoms with Crippen molar-refractivity contribution < 1.29 is 9.72 Å². The van der Waals surface area contributed by atoms with Crippen LogP contribution in [0, 0.1) is 10.1 Å². The van der Waals surface area contributed by atoms with Gasteiger partial charge in [-0.1, -0.05) is 61.2 Å². The van der Waals surface area contributed by atoms with Gasteiger partial charge in [-0.15, -0.1) is 0 Å². The number of non-ortho nitro benzene ring substituents is 1. The minimum absolute atomic E-state index is 0.0289. The highest BCUT2D eigenvalue weighted by molar-refractivity contribution is 7.98. The lowest BCUT2D eigenvalue weighted by Crippen LogP contribution is -2.26. The van der Waals surface area contributed by atoms with Gasteiger partial charge in [0.25, 0.3) is 17.2 Å². The Balaban J connectivity index is 1.67. The van der Waals surface area contributed by atoms with E-state index in [9.17, 15) is 19.7 Å². The van der Waals surface area contributed by atoms with Crippen molar-refractivity contribution in [3.63, 3.8) is 0 Å². The molecular weight excluding hydrogens is 476 g/mol. The van der Waals surface area contributed by atoms with Crippen LogP contribution in [-0.2, 0) is 18.7 Å². The lowest BCUT2D eigenvalue weighted by Gasteiger charge is -2.14. The third kappa shape index (κ3) is 5.98. The van der Waals surface area contributed by atoms with E-state index in [4.69, 9.17) is 4.98 Å². The Labute approximate surface area is 212 Å². The number of rotatable bonds is 10. The van der Waals surface area contributed by atoms with E-state index >= 15 is 0 Å². The highest BCUT2D eigenvalue weighted by atomic mass is 32.2. The number of amides is 1. The number of carbonyl (C=O) groups is 1. The minimum atomic E-state index is -0.433. The Kier molecular flexibility index (Phi) is 8.12. The molecule has 3 aromatic carbocycles. The molecule has 1 aromatic heterocycles. The topological polar surface area (TPSA) is 107 Å². The molecule has 184 valence electrons. The molecule has 36 heavy (non-hydrogen) atoms. The lowest BCUT2D eigenvalue weighted by atomic mass is 10.1. The van der Waals surface area contributed by atoms with Gasteiger partial charge >= 0.3 is 0 Å². The molecule has 8 nitrogen and oxygen atoms in total. The van der Waals surface area contributed by atoms with Crippen molar-refractivity contribution in [3.8, 4) is 0 Å². The number of nitrogens with one attached hydrogen (secondary N) is 1. The number of hydrogen-bond acceptors (Lipinski definition) is 6. The number of aryl methyl sites for hydroxylation is 1. The van der Waals surface area contributed by atoms with Crippen LogP contribution in [0.4, 0.5) is 5.69 Å². The zero-order valence-electron chi connectivity index (χ0n) is 19.8. The van der Waals surface area contributed by atoms with Crippen LogP contribution in [0.15, 0.2) is 82.7 Å². The van der Waals surface area contributed by atoms with Crippen LogP contribution in [0.5, 0.6) is 0 Å². The standard InChI is InChI=1S/C27H26N4O4S/c1-2-15-28-25(32)21-10-13-23-24(17-21)29-27(36-18-20-8-11-22(12-9-20)31(34)35)30(26(23)33)16-14-19-6-4-3-5-7-19/h3-13,17H,2,14-16,18H2,1H3,(H,28,32). The first kappa shape index (κ1) is 25.1. The molecule has 1 N–H and O–H groups in total. The monoisotopic (exact) mass is 502 g/mol. The molecule has 4 aromatic rings. The third-order valence-electron chi connectivity index (χ3n) is 5.70. The summed E-state index contributed by atoms with van der Waals surface area (Å²) in [4.78, 5) is 41.2. The molecule has 0 aliphatic carbocycles. The van der Waals surface area contributed by atoms with E-state index in [1.54, 1.807) is 34.9 Å². The van der Waals surface area contributed by atoms with Gasteiger partial charge in [0.15, 0.2) is 5.16 Å². The fourth-order valence-corrected chi connectivity index (χ4v) is 4.72. The number of nitro benzene ring substituents is 1. The minimum Gasteiger partial charge on any atom is -0.352 e. The maximum Gasteiger partial charge on any atom is 0.269 e. The average Bonchev–Trinajstić information content (AvgIpc) is 2.90.